The van der Waals surface area contributed by atoms with Crippen LogP contribution in [-0.4, -0.2) is 44.3 Å². The third-order valence-electron chi connectivity index (χ3n) is 5.90. The lowest BCUT2D eigenvalue weighted by molar-refractivity contribution is -0.136. The second kappa shape index (κ2) is 8.01. The predicted octanol–water partition coefficient (Wildman–Crippen LogP) is 4.16. The van der Waals surface area contributed by atoms with Gasteiger partial charge in [-0.15, -0.1) is 0 Å². The van der Waals surface area contributed by atoms with E-state index in [-0.39, 0.29) is 23.8 Å². The van der Waals surface area contributed by atoms with Crippen LogP contribution < -0.4 is 0 Å². The number of carboxylic acids is 1. The summed E-state index contributed by atoms with van der Waals surface area (Å²) in [5, 5.41) is 13.5. The maximum Gasteiger partial charge on any atom is 0.303 e. The number of nitrogens with zero attached hydrogens (tertiary/aromatic N) is 3. The van der Waals surface area contributed by atoms with Crippen molar-refractivity contribution in [3.8, 4) is 5.69 Å². The monoisotopic (exact) mass is 397 g/mol. The van der Waals surface area contributed by atoms with Gasteiger partial charge < -0.3 is 10.0 Å². The van der Waals surface area contributed by atoms with Crippen LogP contribution in [0.3, 0.4) is 0 Å². The molecule has 6 nitrogen and oxygen atoms in total. The number of carbonyl (C=O) groups excluding carboxylic acids is 1. The molecule has 6 heteroatoms. The first-order chi connectivity index (χ1) is 13.6. The lowest BCUT2D eigenvalue weighted by Crippen LogP contribution is -2.43. The molecular weight excluding hydrogens is 366 g/mol. The second-order valence-corrected chi connectivity index (χ2v) is 9.02. The molecule has 3 rings (SSSR count). The summed E-state index contributed by atoms with van der Waals surface area (Å²) in [6, 6.07) is 7.82. The van der Waals surface area contributed by atoms with Crippen molar-refractivity contribution < 1.29 is 14.7 Å². The molecule has 0 spiro atoms. The molecule has 1 aliphatic heterocycles. The lowest BCUT2D eigenvalue weighted by Gasteiger charge is -2.35. The minimum atomic E-state index is -0.810. The molecular formula is C23H31N3O3. The van der Waals surface area contributed by atoms with E-state index in [4.69, 9.17) is 5.11 Å². The average Bonchev–Trinajstić information content (AvgIpc) is 3.25. The van der Waals surface area contributed by atoms with E-state index in [0.29, 0.717) is 12.0 Å². The maximum atomic E-state index is 13.1. The largest absolute Gasteiger partial charge is 0.481 e. The standard InChI is InChI=1S/C23H31N3O3/c1-15-19(12-13-21(27)28)16(2)26(24-15)18-10-8-17(9-11-18)22(29)25-14-6-7-20(25)23(3,4)5/h8-11,20H,6-7,12-14H2,1-5H3,(H,27,28). The zero-order chi connectivity index (χ0) is 21.3. The molecule has 0 aliphatic carbocycles. The smallest absolute Gasteiger partial charge is 0.303 e. The van der Waals surface area contributed by atoms with E-state index in [2.05, 4.69) is 25.9 Å². The molecule has 1 atom stereocenters. The first-order valence-corrected chi connectivity index (χ1v) is 10.3. The van der Waals surface area contributed by atoms with Gasteiger partial charge in [0.25, 0.3) is 5.91 Å². The molecule has 1 amide bonds. The molecule has 0 bridgehead atoms. The molecule has 1 fully saturated rings. The summed E-state index contributed by atoms with van der Waals surface area (Å²) in [6.07, 6.45) is 2.66. The summed E-state index contributed by atoms with van der Waals surface area (Å²) in [6.45, 7) is 11.2. The van der Waals surface area contributed by atoms with Crippen molar-refractivity contribution in [2.75, 3.05) is 6.54 Å². The first-order valence-electron chi connectivity index (χ1n) is 10.3. The highest BCUT2D eigenvalue weighted by atomic mass is 16.4. The van der Waals surface area contributed by atoms with Crippen molar-refractivity contribution in [3.63, 3.8) is 0 Å². The number of benzene rings is 1. The number of carbonyl (C=O) groups is 2. The van der Waals surface area contributed by atoms with Gasteiger partial charge >= 0.3 is 5.97 Å². The highest BCUT2D eigenvalue weighted by molar-refractivity contribution is 5.94. The Morgan fingerprint density at radius 1 is 1.17 bits per heavy atom. The topological polar surface area (TPSA) is 75.4 Å². The van der Waals surface area contributed by atoms with E-state index >= 15 is 0 Å². The van der Waals surface area contributed by atoms with Crippen molar-refractivity contribution in [1.82, 2.24) is 14.7 Å². The van der Waals surface area contributed by atoms with E-state index in [9.17, 15) is 9.59 Å². The molecule has 29 heavy (non-hydrogen) atoms. The number of rotatable bonds is 5. The Labute approximate surface area is 172 Å². The van der Waals surface area contributed by atoms with Gasteiger partial charge in [0.1, 0.15) is 0 Å². The van der Waals surface area contributed by atoms with Gasteiger partial charge in [-0.1, -0.05) is 20.8 Å². The van der Waals surface area contributed by atoms with Crippen LogP contribution in [0.1, 0.15) is 67.3 Å². The number of aryl methyl sites for hydroxylation is 1. The Morgan fingerprint density at radius 3 is 2.41 bits per heavy atom. The van der Waals surface area contributed by atoms with Crippen LogP contribution in [0.2, 0.25) is 0 Å². The molecule has 1 aromatic heterocycles. The molecule has 156 valence electrons. The van der Waals surface area contributed by atoms with Gasteiger partial charge in [-0.25, -0.2) is 4.68 Å². The number of aromatic nitrogens is 2. The van der Waals surface area contributed by atoms with E-state index in [1.54, 1.807) is 0 Å². The van der Waals surface area contributed by atoms with Crippen LogP contribution in [0.5, 0.6) is 0 Å². The molecule has 2 heterocycles. The average molecular weight is 398 g/mol. The summed E-state index contributed by atoms with van der Waals surface area (Å²) >= 11 is 0. The van der Waals surface area contributed by atoms with Gasteiger partial charge in [-0.3, -0.25) is 9.59 Å². The Hall–Kier alpha value is -2.63. The summed E-state index contributed by atoms with van der Waals surface area (Å²) in [7, 11) is 0. The Balaban J connectivity index is 1.81. The summed E-state index contributed by atoms with van der Waals surface area (Å²) in [4.78, 5) is 26.0. The summed E-state index contributed by atoms with van der Waals surface area (Å²) < 4.78 is 1.83. The van der Waals surface area contributed by atoms with Crippen molar-refractivity contribution in [2.45, 2.75) is 66.3 Å². The van der Waals surface area contributed by atoms with Gasteiger partial charge in [0.2, 0.25) is 0 Å². The lowest BCUT2D eigenvalue weighted by atomic mass is 9.85. The molecule has 1 unspecified atom stereocenters. The Morgan fingerprint density at radius 2 is 1.83 bits per heavy atom. The fourth-order valence-corrected chi connectivity index (χ4v) is 4.34. The fourth-order valence-electron chi connectivity index (χ4n) is 4.34. The van der Waals surface area contributed by atoms with E-state index in [0.717, 1.165) is 42.0 Å². The molecule has 1 aromatic carbocycles. The Bertz CT molecular complexity index is 907. The van der Waals surface area contributed by atoms with Crippen molar-refractivity contribution in [1.29, 1.82) is 0 Å². The fraction of sp³-hybridized carbons (Fsp3) is 0.522. The highest BCUT2D eigenvalue weighted by Crippen LogP contribution is 2.33. The number of hydrogen-bond acceptors (Lipinski definition) is 3. The van der Waals surface area contributed by atoms with Crippen LogP contribution in [0.25, 0.3) is 5.69 Å². The van der Waals surface area contributed by atoms with Gasteiger partial charge in [0.05, 0.1) is 11.4 Å². The van der Waals surface area contributed by atoms with Crippen LogP contribution in [0, 0.1) is 19.3 Å². The SMILES string of the molecule is Cc1nn(-c2ccc(C(=O)N3CCCC3C(C)(C)C)cc2)c(C)c1CCC(=O)O. The molecule has 1 aliphatic rings. The summed E-state index contributed by atoms with van der Waals surface area (Å²) in [5.41, 5.74) is 4.39. The van der Waals surface area contributed by atoms with Gasteiger partial charge in [-0.05, 0) is 68.4 Å². The first kappa shape index (κ1) is 21.1. The normalized spacial score (nSPS) is 17.0. The molecule has 2 aromatic rings. The number of hydrogen-bond donors (Lipinski definition) is 1. The number of aliphatic carboxylic acids is 1. The molecule has 1 saturated heterocycles. The van der Waals surface area contributed by atoms with Crippen LogP contribution >= 0.6 is 0 Å². The van der Waals surface area contributed by atoms with Crippen LogP contribution in [0.4, 0.5) is 0 Å². The van der Waals surface area contributed by atoms with Crippen LogP contribution in [-0.2, 0) is 11.2 Å². The molecule has 0 saturated carbocycles. The molecule has 1 N–H and O–H groups in total. The van der Waals surface area contributed by atoms with Gasteiger partial charge in [-0.2, -0.15) is 5.10 Å². The van der Waals surface area contributed by atoms with E-state index in [1.165, 1.54) is 0 Å². The number of likely N-dealkylation sites (tertiary alicyclic amines) is 1. The van der Waals surface area contributed by atoms with Gasteiger partial charge in [0.15, 0.2) is 0 Å². The highest BCUT2D eigenvalue weighted by Gasteiger charge is 2.37. The predicted molar refractivity (Wildman–Crippen MR) is 113 cm³/mol. The number of carboxylic acid groups (broad SMARTS) is 1. The quantitative estimate of drug-likeness (QED) is 0.822. The maximum absolute atomic E-state index is 13.1. The van der Waals surface area contributed by atoms with E-state index in [1.807, 2.05) is 47.7 Å². The van der Waals surface area contributed by atoms with Crippen LogP contribution in [0.15, 0.2) is 24.3 Å². The minimum Gasteiger partial charge on any atom is -0.481 e. The van der Waals surface area contributed by atoms with Crippen molar-refractivity contribution in [2.24, 2.45) is 5.41 Å². The zero-order valence-electron chi connectivity index (χ0n) is 18.0. The third kappa shape index (κ3) is 4.36. The van der Waals surface area contributed by atoms with Gasteiger partial charge in [0, 0.05) is 30.3 Å². The minimum absolute atomic E-state index is 0.0716. The third-order valence-corrected chi connectivity index (χ3v) is 5.90. The Kier molecular flexibility index (Phi) is 5.82. The zero-order valence-corrected chi connectivity index (χ0v) is 18.0. The summed E-state index contributed by atoms with van der Waals surface area (Å²) in [5.74, 6) is -0.723. The van der Waals surface area contributed by atoms with E-state index < -0.39 is 5.97 Å². The molecule has 0 radical (unpaired) electrons. The van der Waals surface area contributed by atoms with Crippen molar-refractivity contribution in [3.05, 3.63) is 46.8 Å². The number of amides is 1. The second-order valence-electron chi connectivity index (χ2n) is 9.02. The van der Waals surface area contributed by atoms with Crippen molar-refractivity contribution >= 4 is 11.9 Å².